The predicted octanol–water partition coefficient (Wildman–Crippen LogP) is 1.54. The monoisotopic (exact) mass is 285 g/mol. The van der Waals surface area contributed by atoms with Gasteiger partial charge in [-0.2, -0.15) is 4.99 Å². The van der Waals surface area contributed by atoms with E-state index in [1.54, 1.807) is 7.11 Å². The van der Waals surface area contributed by atoms with Crippen LogP contribution >= 0.6 is 23.7 Å². The molecule has 1 aromatic heterocycles. The van der Waals surface area contributed by atoms with Crippen molar-refractivity contribution in [2.45, 2.75) is 0 Å². The number of para-hydroxylation sites is 1. The summed E-state index contributed by atoms with van der Waals surface area (Å²) in [6.45, 7) is 0. The summed E-state index contributed by atoms with van der Waals surface area (Å²) in [5.74, 6) is 0.702. The molecule has 0 spiro atoms. The van der Waals surface area contributed by atoms with Crippen LogP contribution in [-0.4, -0.2) is 23.3 Å². The Morgan fingerprint density at radius 3 is 2.67 bits per heavy atom. The predicted molar refractivity (Wildman–Crippen MR) is 74.6 cm³/mol. The Hall–Kier alpha value is -1.86. The standard InChI is InChI=1S/C10H11N5OS.ClH/c1-16-7-5-3-2-4-6(7)8-14-15-10(17-8)13-9(11)12;/h2-5H,1H3,(H4,11,12,13,15);1H. The van der Waals surface area contributed by atoms with E-state index in [-0.39, 0.29) is 18.4 Å². The minimum atomic E-state index is -0.0345. The van der Waals surface area contributed by atoms with Gasteiger partial charge in [-0.15, -0.1) is 22.6 Å². The summed E-state index contributed by atoms with van der Waals surface area (Å²) in [5.41, 5.74) is 11.4. The van der Waals surface area contributed by atoms with Gasteiger partial charge in [0.25, 0.3) is 0 Å². The number of ether oxygens (including phenoxy) is 1. The third-order valence-electron chi connectivity index (χ3n) is 1.98. The van der Waals surface area contributed by atoms with Crippen molar-refractivity contribution in [1.29, 1.82) is 0 Å². The Bertz CT molecular complexity index is 553. The third kappa shape index (κ3) is 3.08. The van der Waals surface area contributed by atoms with E-state index in [4.69, 9.17) is 16.2 Å². The Morgan fingerprint density at radius 1 is 1.28 bits per heavy atom. The van der Waals surface area contributed by atoms with Crippen LogP contribution in [0.5, 0.6) is 5.75 Å². The van der Waals surface area contributed by atoms with Gasteiger partial charge in [-0.05, 0) is 12.1 Å². The minimum absolute atomic E-state index is 0. The normalized spacial score (nSPS) is 9.39. The highest BCUT2D eigenvalue weighted by atomic mass is 35.5. The summed E-state index contributed by atoms with van der Waals surface area (Å²) in [6, 6.07) is 7.55. The van der Waals surface area contributed by atoms with Gasteiger partial charge in [-0.25, -0.2) is 0 Å². The zero-order chi connectivity index (χ0) is 12.3. The number of hydrogen-bond donors (Lipinski definition) is 2. The molecule has 4 N–H and O–H groups in total. The molecular weight excluding hydrogens is 274 g/mol. The molecule has 96 valence electrons. The third-order valence-corrected chi connectivity index (χ3v) is 2.83. The van der Waals surface area contributed by atoms with Crippen LogP contribution in [0.25, 0.3) is 10.6 Å². The van der Waals surface area contributed by atoms with Crippen molar-refractivity contribution < 1.29 is 4.74 Å². The fourth-order valence-electron chi connectivity index (χ4n) is 1.30. The molecule has 0 unspecified atom stereocenters. The van der Waals surface area contributed by atoms with Crippen molar-refractivity contribution in [2.24, 2.45) is 16.5 Å². The van der Waals surface area contributed by atoms with Crippen molar-refractivity contribution in [1.82, 2.24) is 10.2 Å². The molecule has 0 bridgehead atoms. The average molecular weight is 286 g/mol. The van der Waals surface area contributed by atoms with E-state index in [0.717, 1.165) is 11.3 Å². The first kappa shape index (κ1) is 14.2. The molecular formula is C10H12ClN5OS. The topological polar surface area (TPSA) is 99.4 Å². The Morgan fingerprint density at radius 2 is 2.00 bits per heavy atom. The second-order valence-corrected chi connectivity index (χ2v) is 4.08. The molecule has 18 heavy (non-hydrogen) atoms. The van der Waals surface area contributed by atoms with Gasteiger partial charge in [0.15, 0.2) is 11.0 Å². The number of guanidine groups is 1. The molecule has 0 atom stereocenters. The highest BCUT2D eigenvalue weighted by molar-refractivity contribution is 7.18. The van der Waals surface area contributed by atoms with E-state index in [1.807, 2.05) is 24.3 Å². The first-order valence-corrected chi connectivity index (χ1v) is 5.59. The van der Waals surface area contributed by atoms with Crippen LogP contribution in [0.4, 0.5) is 5.13 Å². The Balaban J connectivity index is 0.00000162. The van der Waals surface area contributed by atoms with E-state index < -0.39 is 0 Å². The van der Waals surface area contributed by atoms with Gasteiger partial charge in [-0.3, -0.25) is 0 Å². The van der Waals surface area contributed by atoms with Gasteiger partial charge < -0.3 is 16.2 Å². The number of rotatable bonds is 3. The highest BCUT2D eigenvalue weighted by Gasteiger charge is 2.10. The molecule has 0 radical (unpaired) electrons. The molecule has 0 aliphatic heterocycles. The van der Waals surface area contributed by atoms with E-state index in [9.17, 15) is 0 Å². The number of aliphatic imine (C=N–C) groups is 1. The molecule has 1 aromatic carbocycles. The first-order chi connectivity index (χ1) is 8.20. The van der Waals surface area contributed by atoms with Gasteiger partial charge in [0.05, 0.1) is 12.7 Å². The largest absolute Gasteiger partial charge is 0.496 e. The molecule has 0 amide bonds. The average Bonchev–Trinajstić information content (AvgIpc) is 2.76. The molecule has 0 fully saturated rings. The van der Waals surface area contributed by atoms with Crippen molar-refractivity contribution in [3.8, 4) is 16.3 Å². The van der Waals surface area contributed by atoms with Gasteiger partial charge in [0.2, 0.25) is 5.13 Å². The lowest BCUT2D eigenvalue weighted by Crippen LogP contribution is -2.21. The molecule has 6 nitrogen and oxygen atoms in total. The molecule has 0 aliphatic carbocycles. The molecule has 1 heterocycles. The summed E-state index contributed by atoms with van der Waals surface area (Å²) >= 11 is 1.29. The zero-order valence-corrected chi connectivity index (χ0v) is 11.2. The van der Waals surface area contributed by atoms with E-state index >= 15 is 0 Å². The number of nitrogens with zero attached hydrogens (tertiary/aromatic N) is 3. The maximum absolute atomic E-state index is 5.27. The van der Waals surface area contributed by atoms with E-state index in [0.29, 0.717) is 10.1 Å². The number of aromatic nitrogens is 2. The molecule has 2 rings (SSSR count). The maximum Gasteiger partial charge on any atom is 0.235 e. The maximum atomic E-state index is 5.27. The van der Waals surface area contributed by atoms with Crippen LogP contribution in [-0.2, 0) is 0 Å². The Kier molecular flexibility index (Phi) is 4.87. The number of hydrogen-bond acceptors (Lipinski definition) is 5. The first-order valence-electron chi connectivity index (χ1n) is 4.77. The SMILES string of the molecule is COc1ccccc1-c1nnc(N=C(N)N)s1.Cl. The van der Waals surface area contributed by atoms with Crippen LogP contribution in [0, 0.1) is 0 Å². The van der Waals surface area contributed by atoms with Crippen LogP contribution < -0.4 is 16.2 Å². The fraction of sp³-hybridized carbons (Fsp3) is 0.100. The summed E-state index contributed by atoms with van der Waals surface area (Å²) in [4.78, 5) is 3.84. The number of benzene rings is 1. The number of halogens is 1. The molecule has 0 aliphatic rings. The quantitative estimate of drug-likeness (QED) is 0.658. The number of nitrogens with two attached hydrogens (primary N) is 2. The minimum Gasteiger partial charge on any atom is -0.496 e. The zero-order valence-electron chi connectivity index (χ0n) is 9.53. The Labute approximate surface area is 114 Å². The van der Waals surface area contributed by atoms with Crippen LogP contribution in [0.15, 0.2) is 29.3 Å². The lowest BCUT2D eigenvalue weighted by Gasteiger charge is -2.03. The van der Waals surface area contributed by atoms with Crippen LogP contribution in [0.3, 0.4) is 0 Å². The van der Waals surface area contributed by atoms with Crippen molar-refractivity contribution in [2.75, 3.05) is 7.11 Å². The van der Waals surface area contributed by atoms with Gasteiger partial charge in [0.1, 0.15) is 5.75 Å². The highest BCUT2D eigenvalue weighted by Crippen LogP contribution is 2.33. The molecule has 0 saturated heterocycles. The van der Waals surface area contributed by atoms with Crippen molar-refractivity contribution >= 4 is 34.8 Å². The second-order valence-electron chi connectivity index (χ2n) is 3.13. The molecule has 2 aromatic rings. The van der Waals surface area contributed by atoms with Crippen LogP contribution in [0.2, 0.25) is 0 Å². The summed E-state index contributed by atoms with van der Waals surface area (Å²) in [6.07, 6.45) is 0. The van der Waals surface area contributed by atoms with Crippen molar-refractivity contribution in [3.05, 3.63) is 24.3 Å². The lowest BCUT2D eigenvalue weighted by molar-refractivity contribution is 0.416. The molecule has 8 heteroatoms. The lowest BCUT2D eigenvalue weighted by atomic mass is 10.2. The van der Waals surface area contributed by atoms with Gasteiger partial charge in [0, 0.05) is 0 Å². The van der Waals surface area contributed by atoms with E-state index in [1.165, 1.54) is 11.3 Å². The summed E-state index contributed by atoms with van der Waals surface area (Å²) in [5, 5.41) is 9.02. The molecule has 0 saturated carbocycles. The smallest absolute Gasteiger partial charge is 0.235 e. The van der Waals surface area contributed by atoms with Gasteiger partial charge >= 0.3 is 0 Å². The van der Waals surface area contributed by atoms with Crippen molar-refractivity contribution in [3.63, 3.8) is 0 Å². The summed E-state index contributed by atoms with van der Waals surface area (Å²) < 4.78 is 5.24. The summed E-state index contributed by atoms with van der Waals surface area (Å²) in [7, 11) is 1.61. The van der Waals surface area contributed by atoms with E-state index in [2.05, 4.69) is 15.2 Å². The fourth-order valence-corrected chi connectivity index (χ4v) is 2.07. The number of methoxy groups -OCH3 is 1. The van der Waals surface area contributed by atoms with Gasteiger partial charge in [-0.1, -0.05) is 23.5 Å². The van der Waals surface area contributed by atoms with Crippen LogP contribution in [0.1, 0.15) is 0 Å². The second kappa shape index (κ2) is 6.18.